The average Bonchev–Trinajstić information content (AvgIpc) is 2.89. The van der Waals surface area contributed by atoms with Gasteiger partial charge in [0.2, 0.25) is 5.89 Å². The third kappa shape index (κ3) is 2.40. The number of rotatable bonds is 4. The van der Waals surface area contributed by atoms with E-state index in [1.165, 1.54) is 12.2 Å². The van der Waals surface area contributed by atoms with Gasteiger partial charge in [0.15, 0.2) is 5.82 Å². The van der Waals surface area contributed by atoms with Gasteiger partial charge < -0.3 is 10.3 Å². The fraction of sp³-hybridized carbons (Fsp3) is 0.818. The highest BCUT2D eigenvalue weighted by atomic mass is 32.2. The van der Waals surface area contributed by atoms with E-state index >= 15 is 0 Å². The second kappa shape index (κ2) is 4.75. The molecule has 2 N–H and O–H groups in total. The van der Waals surface area contributed by atoms with E-state index < -0.39 is 5.54 Å². The third-order valence-corrected chi connectivity index (χ3v) is 4.29. The zero-order valence-electron chi connectivity index (χ0n) is 9.90. The summed E-state index contributed by atoms with van der Waals surface area (Å²) in [5.74, 6) is 2.60. The summed E-state index contributed by atoms with van der Waals surface area (Å²) in [6, 6.07) is 0. The minimum atomic E-state index is -0.483. The van der Waals surface area contributed by atoms with Crippen LogP contribution in [0.2, 0.25) is 0 Å². The van der Waals surface area contributed by atoms with Crippen LogP contribution in [0.4, 0.5) is 0 Å². The van der Waals surface area contributed by atoms with Crippen molar-refractivity contribution in [2.75, 3.05) is 5.75 Å². The first-order valence-electron chi connectivity index (χ1n) is 5.88. The van der Waals surface area contributed by atoms with Crippen LogP contribution < -0.4 is 5.73 Å². The van der Waals surface area contributed by atoms with Gasteiger partial charge in [0.05, 0.1) is 10.8 Å². The average molecular weight is 241 g/mol. The summed E-state index contributed by atoms with van der Waals surface area (Å²) in [6.45, 7) is 4.06. The zero-order chi connectivity index (χ0) is 11.6. The lowest BCUT2D eigenvalue weighted by Gasteiger charge is -2.18. The second-order valence-corrected chi connectivity index (χ2v) is 5.94. The van der Waals surface area contributed by atoms with Gasteiger partial charge in [-0.25, -0.2) is 0 Å². The van der Waals surface area contributed by atoms with Gasteiger partial charge in [-0.05, 0) is 31.9 Å². The van der Waals surface area contributed by atoms with Gasteiger partial charge in [0, 0.05) is 0 Å². The third-order valence-electron chi connectivity index (χ3n) is 2.92. The van der Waals surface area contributed by atoms with E-state index in [9.17, 15) is 0 Å². The number of hydrogen-bond donors (Lipinski definition) is 1. The molecule has 2 rings (SSSR count). The van der Waals surface area contributed by atoms with Gasteiger partial charge in [-0.3, -0.25) is 0 Å². The smallest absolute Gasteiger partial charge is 0.246 e. The van der Waals surface area contributed by atoms with Gasteiger partial charge >= 0.3 is 0 Å². The Hall–Kier alpha value is -0.550. The maximum atomic E-state index is 6.16. The maximum Gasteiger partial charge on any atom is 0.246 e. The second-order valence-electron chi connectivity index (χ2n) is 4.63. The molecule has 2 heterocycles. The molecule has 0 radical (unpaired) electrons. The fourth-order valence-corrected chi connectivity index (χ4v) is 3.20. The molecular formula is C11H19N3OS. The molecule has 1 aliphatic heterocycles. The van der Waals surface area contributed by atoms with Gasteiger partial charge in [0.1, 0.15) is 0 Å². The van der Waals surface area contributed by atoms with Crippen molar-refractivity contribution in [3.05, 3.63) is 11.7 Å². The van der Waals surface area contributed by atoms with Crippen molar-refractivity contribution in [1.82, 2.24) is 10.1 Å². The highest BCUT2D eigenvalue weighted by molar-refractivity contribution is 7.99. The van der Waals surface area contributed by atoms with Crippen molar-refractivity contribution < 1.29 is 4.52 Å². The number of hydrogen-bond acceptors (Lipinski definition) is 5. The summed E-state index contributed by atoms with van der Waals surface area (Å²) >= 11 is 1.91. The fourth-order valence-electron chi connectivity index (χ4n) is 2.01. The minimum absolute atomic E-state index is 0.412. The molecule has 0 bridgehead atoms. The molecule has 2 atom stereocenters. The molecule has 0 aliphatic carbocycles. The molecule has 0 aromatic carbocycles. The highest BCUT2D eigenvalue weighted by Gasteiger charge is 2.30. The summed E-state index contributed by atoms with van der Waals surface area (Å²) in [6.07, 6.45) is 4.28. The van der Waals surface area contributed by atoms with E-state index in [1.54, 1.807) is 0 Å². The molecule has 1 fully saturated rings. The Morgan fingerprint density at radius 2 is 2.44 bits per heavy atom. The Kier molecular flexibility index (Phi) is 3.54. The first-order valence-corrected chi connectivity index (χ1v) is 6.93. The van der Waals surface area contributed by atoms with E-state index in [1.807, 2.05) is 18.7 Å². The first kappa shape index (κ1) is 11.9. The van der Waals surface area contributed by atoms with Crippen LogP contribution in [-0.2, 0) is 5.54 Å². The highest BCUT2D eigenvalue weighted by Crippen LogP contribution is 2.38. The molecule has 0 saturated carbocycles. The van der Waals surface area contributed by atoms with Crippen LogP contribution in [0.5, 0.6) is 0 Å². The van der Waals surface area contributed by atoms with Gasteiger partial charge in [-0.1, -0.05) is 18.5 Å². The summed E-state index contributed by atoms with van der Waals surface area (Å²) in [4.78, 5) is 4.46. The maximum absolute atomic E-state index is 6.16. The monoisotopic (exact) mass is 241 g/mol. The number of thioether (sulfide) groups is 1. The lowest BCUT2D eigenvalue weighted by molar-refractivity contribution is 0.282. The predicted octanol–water partition coefficient (Wildman–Crippen LogP) is 2.61. The lowest BCUT2D eigenvalue weighted by Crippen LogP contribution is -2.33. The SMILES string of the molecule is CCCC(C)(N)c1nc(C2CCCS2)no1. The molecule has 1 aliphatic rings. The molecular weight excluding hydrogens is 222 g/mol. The van der Waals surface area contributed by atoms with E-state index in [4.69, 9.17) is 10.3 Å². The van der Waals surface area contributed by atoms with Gasteiger partial charge in [-0.2, -0.15) is 16.7 Å². The van der Waals surface area contributed by atoms with Crippen molar-refractivity contribution in [3.8, 4) is 0 Å². The molecule has 2 unspecified atom stereocenters. The van der Waals surface area contributed by atoms with E-state index in [0.717, 1.165) is 25.1 Å². The summed E-state index contributed by atoms with van der Waals surface area (Å²) in [5, 5.41) is 4.47. The molecule has 1 aromatic heterocycles. The van der Waals surface area contributed by atoms with Gasteiger partial charge in [0.25, 0.3) is 0 Å². The molecule has 5 heteroatoms. The Morgan fingerprint density at radius 1 is 1.62 bits per heavy atom. The standard InChI is InChI=1S/C11H19N3OS/c1-3-6-11(2,12)10-13-9(14-15-10)8-5-4-7-16-8/h8H,3-7,12H2,1-2H3. The molecule has 1 aromatic rings. The Bertz CT molecular complexity index is 345. The number of nitrogens with zero attached hydrogens (tertiary/aromatic N) is 2. The van der Waals surface area contributed by atoms with Crippen molar-refractivity contribution in [2.24, 2.45) is 5.73 Å². The Labute approximate surface area is 100 Å². The van der Waals surface area contributed by atoms with Crippen LogP contribution in [0.1, 0.15) is 56.5 Å². The molecule has 16 heavy (non-hydrogen) atoms. The van der Waals surface area contributed by atoms with Crippen LogP contribution >= 0.6 is 11.8 Å². The van der Waals surface area contributed by atoms with Crippen LogP contribution in [0.3, 0.4) is 0 Å². The molecule has 0 amide bonds. The number of aromatic nitrogens is 2. The Morgan fingerprint density at radius 3 is 3.06 bits per heavy atom. The summed E-state index contributed by atoms with van der Waals surface area (Å²) in [7, 11) is 0. The van der Waals surface area contributed by atoms with E-state index in [0.29, 0.717) is 11.1 Å². The zero-order valence-corrected chi connectivity index (χ0v) is 10.7. The van der Waals surface area contributed by atoms with Crippen molar-refractivity contribution in [1.29, 1.82) is 0 Å². The topological polar surface area (TPSA) is 64.9 Å². The molecule has 1 saturated heterocycles. The van der Waals surface area contributed by atoms with Crippen molar-refractivity contribution >= 4 is 11.8 Å². The Balaban J connectivity index is 2.12. The van der Waals surface area contributed by atoms with Crippen molar-refractivity contribution in [3.63, 3.8) is 0 Å². The first-order chi connectivity index (χ1) is 7.63. The van der Waals surface area contributed by atoms with Crippen LogP contribution in [-0.4, -0.2) is 15.9 Å². The summed E-state index contributed by atoms with van der Waals surface area (Å²) < 4.78 is 5.29. The minimum Gasteiger partial charge on any atom is -0.337 e. The molecule has 4 nitrogen and oxygen atoms in total. The predicted molar refractivity (Wildman–Crippen MR) is 65.2 cm³/mol. The van der Waals surface area contributed by atoms with Gasteiger partial charge in [-0.15, -0.1) is 0 Å². The van der Waals surface area contributed by atoms with Crippen molar-refractivity contribution in [2.45, 2.75) is 50.3 Å². The number of nitrogens with two attached hydrogens (primary N) is 1. The van der Waals surface area contributed by atoms with Crippen LogP contribution in [0.25, 0.3) is 0 Å². The van der Waals surface area contributed by atoms with Crippen LogP contribution in [0.15, 0.2) is 4.52 Å². The van der Waals surface area contributed by atoms with E-state index in [-0.39, 0.29) is 0 Å². The van der Waals surface area contributed by atoms with E-state index in [2.05, 4.69) is 17.1 Å². The summed E-state index contributed by atoms with van der Waals surface area (Å²) in [5.41, 5.74) is 5.67. The molecule has 90 valence electrons. The normalized spacial score (nSPS) is 24.6. The quantitative estimate of drug-likeness (QED) is 0.877. The molecule has 0 spiro atoms. The lowest BCUT2D eigenvalue weighted by atomic mass is 9.98. The largest absolute Gasteiger partial charge is 0.337 e. The van der Waals surface area contributed by atoms with Crippen LogP contribution in [0, 0.1) is 0 Å².